The number of rotatable bonds is 11. The molecule has 0 aliphatic carbocycles. The molecule has 0 saturated heterocycles. The lowest BCUT2D eigenvalue weighted by Crippen LogP contribution is -2.48. The summed E-state index contributed by atoms with van der Waals surface area (Å²) in [5, 5.41) is 12.6. The van der Waals surface area contributed by atoms with Gasteiger partial charge in [0.2, 0.25) is 0 Å². The third-order valence-electron chi connectivity index (χ3n) is 7.18. The van der Waals surface area contributed by atoms with E-state index < -0.39 is 29.8 Å². The number of carbonyl (C=O) groups excluding carboxylic acids is 1. The summed E-state index contributed by atoms with van der Waals surface area (Å²) < 4.78 is 44.3. The fourth-order valence-corrected chi connectivity index (χ4v) is 4.88. The molecule has 0 bridgehead atoms. The van der Waals surface area contributed by atoms with Crippen LogP contribution in [0.15, 0.2) is 126 Å². The Morgan fingerprint density at radius 2 is 1.30 bits per heavy atom. The molecular weight excluding hydrogens is 569 g/mol. The van der Waals surface area contributed by atoms with Gasteiger partial charge in [-0.3, -0.25) is 14.5 Å². The number of amides is 1. The van der Waals surface area contributed by atoms with Gasteiger partial charge in [0.1, 0.15) is 5.76 Å². The maximum absolute atomic E-state index is 13.3. The van der Waals surface area contributed by atoms with Crippen molar-refractivity contribution in [1.29, 1.82) is 0 Å². The number of carboxylic acids is 1. The average molecular weight is 599 g/mol. The van der Waals surface area contributed by atoms with Crippen molar-refractivity contribution < 1.29 is 32.3 Å². The predicted octanol–water partition coefficient (Wildman–Crippen LogP) is 7.87. The molecule has 1 atom stereocenters. The molecule has 6 nitrogen and oxygen atoms in total. The maximum Gasteiger partial charge on any atom is 0.416 e. The van der Waals surface area contributed by atoms with Crippen LogP contribution in [0.5, 0.6) is 0 Å². The van der Waals surface area contributed by atoms with Crippen molar-refractivity contribution in [2.75, 3.05) is 0 Å². The van der Waals surface area contributed by atoms with Crippen molar-refractivity contribution in [2.24, 2.45) is 0 Å². The van der Waals surface area contributed by atoms with Gasteiger partial charge in [0.15, 0.2) is 0 Å². The minimum Gasteiger partial charge on any atom is -0.481 e. The number of furan rings is 1. The van der Waals surface area contributed by atoms with Crippen molar-refractivity contribution in [2.45, 2.75) is 31.9 Å². The number of benzene rings is 4. The van der Waals surface area contributed by atoms with Gasteiger partial charge < -0.3 is 14.8 Å². The molecule has 0 saturated carbocycles. The van der Waals surface area contributed by atoms with Crippen LogP contribution in [0.25, 0.3) is 22.3 Å². The van der Waals surface area contributed by atoms with E-state index >= 15 is 0 Å². The minimum atomic E-state index is -4.43. The lowest BCUT2D eigenvalue weighted by Gasteiger charge is -2.31. The molecule has 2 N–H and O–H groups in total. The quantitative estimate of drug-likeness (QED) is 0.151. The number of carbonyl (C=O) groups is 2. The van der Waals surface area contributed by atoms with E-state index in [9.17, 15) is 27.9 Å². The molecule has 4 aromatic carbocycles. The monoisotopic (exact) mass is 598 g/mol. The minimum absolute atomic E-state index is 0.249. The van der Waals surface area contributed by atoms with Gasteiger partial charge in [-0.05, 0) is 64.2 Å². The van der Waals surface area contributed by atoms with Gasteiger partial charge in [-0.2, -0.15) is 13.2 Å². The van der Waals surface area contributed by atoms with Gasteiger partial charge in [0.25, 0.3) is 5.91 Å². The lowest BCUT2D eigenvalue weighted by molar-refractivity contribution is -0.139. The van der Waals surface area contributed by atoms with E-state index in [2.05, 4.69) is 5.32 Å². The highest BCUT2D eigenvalue weighted by molar-refractivity contribution is 5.95. The molecule has 0 radical (unpaired) electrons. The highest BCUT2D eigenvalue weighted by atomic mass is 19.4. The molecule has 0 aliphatic heterocycles. The van der Waals surface area contributed by atoms with Gasteiger partial charge in [-0.1, -0.05) is 78.9 Å². The standard InChI is InChI=1S/C35H29F3N2O4/c36-35(37,38)30-18-16-28(17-19-30)27-12-14-29(15-13-27)34(43)39-32(21-33(41)42)40(23-31-7-4-20-44-31)22-24-8-10-26(11-9-24)25-5-2-1-3-6-25/h1-20,32H,21-23H2,(H,39,43)(H,41,42). The van der Waals surface area contributed by atoms with E-state index in [-0.39, 0.29) is 18.5 Å². The Hall–Kier alpha value is -5.15. The van der Waals surface area contributed by atoms with Crippen LogP contribution in [-0.4, -0.2) is 28.0 Å². The summed E-state index contributed by atoms with van der Waals surface area (Å²) in [5.74, 6) is -0.965. The SMILES string of the molecule is O=C(O)CC(NC(=O)c1ccc(-c2ccc(C(F)(F)F)cc2)cc1)N(Cc1ccc(-c2ccccc2)cc1)Cc1ccco1. The van der Waals surface area contributed by atoms with E-state index in [1.807, 2.05) is 59.5 Å². The second kappa shape index (κ2) is 13.4. The summed E-state index contributed by atoms with van der Waals surface area (Å²) in [4.78, 5) is 27.1. The van der Waals surface area contributed by atoms with E-state index in [0.29, 0.717) is 23.4 Å². The Balaban J connectivity index is 1.34. The Labute approximate surface area is 252 Å². The van der Waals surface area contributed by atoms with E-state index in [1.165, 1.54) is 18.4 Å². The van der Waals surface area contributed by atoms with Crippen molar-refractivity contribution >= 4 is 11.9 Å². The first-order chi connectivity index (χ1) is 21.2. The molecule has 5 rings (SSSR count). The molecule has 0 spiro atoms. The number of nitrogens with zero attached hydrogens (tertiary/aromatic N) is 1. The number of aliphatic carboxylic acids is 1. The molecule has 9 heteroatoms. The summed E-state index contributed by atoms with van der Waals surface area (Å²) in [6, 6.07) is 32.5. The summed E-state index contributed by atoms with van der Waals surface area (Å²) in [6.45, 7) is 0.583. The molecule has 1 amide bonds. The number of nitrogens with one attached hydrogen (secondary N) is 1. The molecule has 0 aliphatic rings. The van der Waals surface area contributed by atoms with Crippen LogP contribution >= 0.6 is 0 Å². The molecule has 1 aromatic heterocycles. The van der Waals surface area contributed by atoms with Gasteiger partial charge in [0.05, 0.1) is 31.0 Å². The fraction of sp³-hybridized carbons (Fsp3) is 0.143. The zero-order valence-corrected chi connectivity index (χ0v) is 23.5. The first kappa shape index (κ1) is 30.3. The second-order valence-corrected chi connectivity index (χ2v) is 10.3. The first-order valence-corrected chi connectivity index (χ1v) is 13.9. The summed E-state index contributed by atoms with van der Waals surface area (Å²) in [5.41, 5.74) is 3.78. The molecule has 0 fully saturated rings. The molecule has 44 heavy (non-hydrogen) atoms. The van der Waals surface area contributed by atoms with Crippen LogP contribution in [0.1, 0.15) is 33.7 Å². The summed E-state index contributed by atoms with van der Waals surface area (Å²) in [7, 11) is 0. The third-order valence-corrected chi connectivity index (χ3v) is 7.18. The Bertz CT molecular complexity index is 1670. The predicted molar refractivity (Wildman–Crippen MR) is 160 cm³/mol. The van der Waals surface area contributed by atoms with Crippen LogP contribution in [0, 0.1) is 0 Å². The number of hydrogen-bond acceptors (Lipinski definition) is 4. The van der Waals surface area contributed by atoms with E-state index in [1.54, 1.807) is 36.4 Å². The number of hydrogen-bond donors (Lipinski definition) is 2. The van der Waals surface area contributed by atoms with Gasteiger partial charge >= 0.3 is 12.1 Å². The third kappa shape index (κ3) is 7.81. The van der Waals surface area contributed by atoms with Gasteiger partial charge in [-0.25, -0.2) is 0 Å². The smallest absolute Gasteiger partial charge is 0.416 e. The average Bonchev–Trinajstić information content (AvgIpc) is 3.54. The van der Waals surface area contributed by atoms with Crippen molar-refractivity contribution in [3.05, 3.63) is 144 Å². The second-order valence-electron chi connectivity index (χ2n) is 10.3. The summed E-state index contributed by atoms with van der Waals surface area (Å²) >= 11 is 0. The van der Waals surface area contributed by atoms with Crippen LogP contribution in [-0.2, 0) is 24.1 Å². The molecular formula is C35H29F3N2O4. The Kier molecular flexibility index (Phi) is 9.26. The van der Waals surface area contributed by atoms with Crippen molar-refractivity contribution in [3.63, 3.8) is 0 Å². The topological polar surface area (TPSA) is 82.8 Å². The Morgan fingerprint density at radius 1 is 0.727 bits per heavy atom. The van der Waals surface area contributed by atoms with Crippen LogP contribution < -0.4 is 5.32 Å². The molecule has 1 unspecified atom stereocenters. The van der Waals surface area contributed by atoms with Crippen molar-refractivity contribution in [1.82, 2.24) is 10.2 Å². The van der Waals surface area contributed by atoms with Crippen LogP contribution in [0.4, 0.5) is 13.2 Å². The van der Waals surface area contributed by atoms with Gasteiger partial charge in [-0.15, -0.1) is 0 Å². The van der Waals surface area contributed by atoms with Crippen LogP contribution in [0.2, 0.25) is 0 Å². The zero-order valence-electron chi connectivity index (χ0n) is 23.5. The zero-order chi connectivity index (χ0) is 31.1. The van der Waals surface area contributed by atoms with E-state index in [4.69, 9.17) is 4.42 Å². The maximum atomic E-state index is 13.3. The van der Waals surface area contributed by atoms with Gasteiger partial charge in [0, 0.05) is 12.1 Å². The highest BCUT2D eigenvalue weighted by Crippen LogP contribution is 2.31. The van der Waals surface area contributed by atoms with Crippen molar-refractivity contribution in [3.8, 4) is 22.3 Å². The number of halogens is 3. The summed E-state index contributed by atoms with van der Waals surface area (Å²) in [6.07, 6.45) is -4.14. The highest BCUT2D eigenvalue weighted by Gasteiger charge is 2.30. The first-order valence-electron chi connectivity index (χ1n) is 13.9. The lowest BCUT2D eigenvalue weighted by atomic mass is 10.0. The van der Waals surface area contributed by atoms with Crippen LogP contribution in [0.3, 0.4) is 0 Å². The number of alkyl halides is 3. The molecule has 224 valence electrons. The van der Waals surface area contributed by atoms with E-state index in [0.717, 1.165) is 28.8 Å². The fourth-order valence-electron chi connectivity index (χ4n) is 4.88. The Morgan fingerprint density at radius 3 is 1.84 bits per heavy atom. The molecule has 1 heterocycles. The largest absolute Gasteiger partial charge is 0.481 e. The normalized spacial score (nSPS) is 12.2. The molecule has 5 aromatic rings. The number of carboxylic acid groups (broad SMARTS) is 1.